The zero-order chi connectivity index (χ0) is 12.4. The summed E-state index contributed by atoms with van der Waals surface area (Å²) in [6.07, 6.45) is 2.37. The summed E-state index contributed by atoms with van der Waals surface area (Å²) in [6, 6.07) is 9.89. The number of carboxylic acids is 1. The number of aliphatic hydroxyl groups is 2. The van der Waals surface area contributed by atoms with Gasteiger partial charge in [0, 0.05) is 0 Å². The zero-order valence-electron chi connectivity index (χ0n) is 9.08. The molecule has 0 aliphatic rings. The van der Waals surface area contributed by atoms with Crippen LogP contribution in [-0.2, 0) is 4.79 Å². The monoisotopic (exact) mass is 224 g/mol. The fourth-order valence-corrected chi connectivity index (χ4v) is 0.753. The lowest BCUT2D eigenvalue weighted by Gasteiger charge is -1.89. The van der Waals surface area contributed by atoms with Gasteiger partial charge in [-0.1, -0.05) is 42.5 Å². The van der Waals surface area contributed by atoms with Gasteiger partial charge in [0.15, 0.2) is 0 Å². The van der Waals surface area contributed by atoms with Crippen LogP contribution in [0.25, 0.3) is 6.08 Å². The van der Waals surface area contributed by atoms with Gasteiger partial charge in [0.2, 0.25) is 0 Å². The first-order valence-electron chi connectivity index (χ1n) is 4.81. The van der Waals surface area contributed by atoms with Crippen molar-refractivity contribution in [2.75, 3.05) is 6.61 Å². The number of aliphatic carboxylic acids is 1. The van der Waals surface area contributed by atoms with E-state index < -0.39 is 12.1 Å². The summed E-state index contributed by atoms with van der Waals surface area (Å²) in [6.45, 7) is 1.30. The molecule has 4 heteroatoms. The van der Waals surface area contributed by atoms with Crippen molar-refractivity contribution in [3.05, 3.63) is 42.0 Å². The Morgan fingerprint density at radius 1 is 1.38 bits per heavy atom. The first-order chi connectivity index (χ1) is 7.57. The highest BCUT2D eigenvalue weighted by Gasteiger charge is 2.01. The SMILES string of the molecule is CC(O)C(=O)O.OCC=Cc1ccccc1. The van der Waals surface area contributed by atoms with Crippen molar-refractivity contribution in [1.82, 2.24) is 0 Å². The number of rotatable bonds is 3. The summed E-state index contributed by atoms with van der Waals surface area (Å²) in [5, 5.41) is 24.2. The Kier molecular flexibility index (Phi) is 7.75. The molecule has 0 heterocycles. The molecule has 0 aliphatic carbocycles. The molecular formula is C12H16O4. The quantitative estimate of drug-likeness (QED) is 0.719. The van der Waals surface area contributed by atoms with Crippen molar-refractivity contribution in [1.29, 1.82) is 0 Å². The van der Waals surface area contributed by atoms with Gasteiger partial charge in [0.25, 0.3) is 0 Å². The van der Waals surface area contributed by atoms with Crippen LogP contribution < -0.4 is 0 Å². The molecule has 1 rings (SSSR count). The molecule has 1 aromatic rings. The molecule has 0 bridgehead atoms. The van der Waals surface area contributed by atoms with Gasteiger partial charge < -0.3 is 15.3 Å². The van der Waals surface area contributed by atoms with Gasteiger partial charge in [-0.3, -0.25) is 0 Å². The molecule has 0 aliphatic heterocycles. The summed E-state index contributed by atoms with van der Waals surface area (Å²) >= 11 is 0. The lowest BCUT2D eigenvalue weighted by atomic mass is 10.2. The maximum absolute atomic E-state index is 9.45. The first kappa shape index (κ1) is 14.4. The number of benzene rings is 1. The van der Waals surface area contributed by atoms with Crippen molar-refractivity contribution >= 4 is 12.0 Å². The Morgan fingerprint density at radius 2 is 1.88 bits per heavy atom. The highest BCUT2D eigenvalue weighted by molar-refractivity contribution is 5.71. The number of hydrogen-bond donors (Lipinski definition) is 3. The molecule has 0 spiro atoms. The van der Waals surface area contributed by atoms with Gasteiger partial charge in [-0.25, -0.2) is 4.79 Å². The molecular weight excluding hydrogens is 208 g/mol. The van der Waals surface area contributed by atoms with Crippen LogP contribution in [0.1, 0.15) is 12.5 Å². The van der Waals surface area contributed by atoms with Gasteiger partial charge in [0.05, 0.1) is 6.61 Å². The smallest absolute Gasteiger partial charge is 0.332 e. The third-order valence-corrected chi connectivity index (χ3v) is 1.57. The number of hydrogen-bond acceptors (Lipinski definition) is 3. The Hall–Kier alpha value is -1.65. The highest BCUT2D eigenvalue weighted by Crippen LogP contribution is 1.99. The van der Waals surface area contributed by atoms with Gasteiger partial charge >= 0.3 is 5.97 Å². The molecule has 1 unspecified atom stereocenters. The number of aliphatic hydroxyl groups excluding tert-OH is 2. The van der Waals surface area contributed by atoms with Crippen LogP contribution in [0.3, 0.4) is 0 Å². The van der Waals surface area contributed by atoms with Gasteiger partial charge in [-0.05, 0) is 12.5 Å². The van der Waals surface area contributed by atoms with Gasteiger partial charge in [-0.2, -0.15) is 0 Å². The lowest BCUT2D eigenvalue weighted by Crippen LogP contribution is -2.13. The number of carbonyl (C=O) groups is 1. The average Bonchev–Trinajstić information content (AvgIpc) is 2.28. The fraction of sp³-hybridized carbons (Fsp3) is 0.250. The van der Waals surface area contributed by atoms with E-state index in [0.29, 0.717) is 0 Å². The van der Waals surface area contributed by atoms with Crippen LogP contribution in [0.4, 0.5) is 0 Å². The Morgan fingerprint density at radius 3 is 2.25 bits per heavy atom. The maximum atomic E-state index is 9.45. The highest BCUT2D eigenvalue weighted by atomic mass is 16.4. The Labute approximate surface area is 94.5 Å². The minimum Gasteiger partial charge on any atom is -0.479 e. The average molecular weight is 224 g/mol. The molecule has 0 radical (unpaired) electrons. The normalized spacial score (nSPS) is 11.7. The summed E-state index contributed by atoms with van der Waals surface area (Å²) in [5.74, 6) is -1.19. The largest absolute Gasteiger partial charge is 0.479 e. The van der Waals surface area contributed by atoms with Crippen LogP contribution >= 0.6 is 0 Å². The van der Waals surface area contributed by atoms with Crippen molar-refractivity contribution in [3.8, 4) is 0 Å². The molecule has 0 saturated carbocycles. The van der Waals surface area contributed by atoms with E-state index >= 15 is 0 Å². The molecule has 16 heavy (non-hydrogen) atoms. The second kappa shape index (κ2) is 8.64. The summed E-state index contributed by atoms with van der Waals surface area (Å²) in [7, 11) is 0. The van der Waals surface area contributed by atoms with E-state index in [-0.39, 0.29) is 6.61 Å². The van der Waals surface area contributed by atoms with Gasteiger partial charge in [-0.15, -0.1) is 0 Å². The van der Waals surface area contributed by atoms with E-state index in [4.69, 9.17) is 15.3 Å². The van der Waals surface area contributed by atoms with E-state index in [0.717, 1.165) is 5.56 Å². The van der Waals surface area contributed by atoms with E-state index in [9.17, 15) is 4.79 Å². The number of carboxylic acid groups (broad SMARTS) is 1. The Balaban J connectivity index is 0.000000325. The minimum atomic E-state index is -1.23. The predicted molar refractivity (Wildman–Crippen MR) is 61.9 cm³/mol. The summed E-state index contributed by atoms with van der Waals surface area (Å²) < 4.78 is 0. The lowest BCUT2D eigenvalue weighted by molar-refractivity contribution is -0.145. The Bertz CT molecular complexity index is 317. The van der Waals surface area contributed by atoms with E-state index in [1.807, 2.05) is 36.4 Å². The van der Waals surface area contributed by atoms with Gasteiger partial charge in [0.1, 0.15) is 6.10 Å². The van der Waals surface area contributed by atoms with E-state index in [2.05, 4.69) is 0 Å². The van der Waals surface area contributed by atoms with Crippen LogP contribution in [0.15, 0.2) is 36.4 Å². The van der Waals surface area contributed by atoms with Crippen LogP contribution in [0.2, 0.25) is 0 Å². The molecule has 1 atom stereocenters. The van der Waals surface area contributed by atoms with Crippen LogP contribution in [0.5, 0.6) is 0 Å². The standard InChI is InChI=1S/C9H10O.C3H6O3/c10-8-4-7-9-5-2-1-3-6-9;1-2(4)3(5)6/h1-7,10H,8H2;2,4H,1H3,(H,5,6). The molecule has 3 N–H and O–H groups in total. The second-order valence-corrected chi connectivity index (χ2v) is 3.01. The molecule has 0 amide bonds. The molecule has 0 aromatic heterocycles. The molecule has 1 aromatic carbocycles. The van der Waals surface area contributed by atoms with Crippen molar-refractivity contribution in [2.45, 2.75) is 13.0 Å². The summed E-state index contributed by atoms with van der Waals surface area (Å²) in [4.78, 5) is 9.45. The van der Waals surface area contributed by atoms with Crippen molar-refractivity contribution in [2.24, 2.45) is 0 Å². The fourth-order valence-electron chi connectivity index (χ4n) is 0.753. The first-order valence-corrected chi connectivity index (χ1v) is 4.81. The molecule has 88 valence electrons. The van der Waals surface area contributed by atoms with Crippen LogP contribution in [0, 0.1) is 0 Å². The third-order valence-electron chi connectivity index (χ3n) is 1.57. The second-order valence-electron chi connectivity index (χ2n) is 3.01. The van der Waals surface area contributed by atoms with E-state index in [1.54, 1.807) is 6.08 Å². The van der Waals surface area contributed by atoms with Crippen molar-refractivity contribution < 1.29 is 20.1 Å². The van der Waals surface area contributed by atoms with Crippen LogP contribution in [-0.4, -0.2) is 34.0 Å². The van der Waals surface area contributed by atoms with E-state index in [1.165, 1.54) is 6.92 Å². The van der Waals surface area contributed by atoms with Crippen molar-refractivity contribution in [3.63, 3.8) is 0 Å². The molecule has 4 nitrogen and oxygen atoms in total. The third kappa shape index (κ3) is 7.73. The maximum Gasteiger partial charge on any atom is 0.332 e. The predicted octanol–water partition coefficient (Wildman–Crippen LogP) is 1.14. The topological polar surface area (TPSA) is 77.8 Å². The molecule has 0 fully saturated rings. The molecule has 0 saturated heterocycles. The minimum absolute atomic E-state index is 0.106. The zero-order valence-corrected chi connectivity index (χ0v) is 9.08. The summed E-state index contributed by atoms with van der Waals surface area (Å²) in [5.41, 5.74) is 1.12.